The van der Waals surface area contributed by atoms with Gasteiger partial charge in [-0.05, 0) is 37.1 Å². The molecule has 2 aromatic heterocycles. The fourth-order valence-corrected chi connectivity index (χ4v) is 4.86. The third-order valence-electron chi connectivity index (χ3n) is 6.72. The maximum Gasteiger partial charge on any atom is 0.364 e. The molecule has 0 aliphatic carbocycles. The van der Waals surface area contributed by atoms with Crippen molar-refractivity contribution in [3.05, 3.63) is 80.0 Å². The van der Waals surface area contributed by atoms with Crippen LogP contribution in [0.2, 0.25) is 0 Å². The zero-order valence-electron chi connectivity index (χ0n) is 20.3. The molecule has 3 heterocycles. The number of nitrogens with one attached hydrogen (secondary N) is 1. The Bertz CT molecular complexity index is 1530. The number of benzene rings is 2. The molecule has 0 spiro atoms. The number of aromatic amines is 1. The van der Waals surface area contributed by atoms with Crippen LogP contribution < -0.4 is 25.5 Å². The summed E-state index contributed by atoms with van der Waals surface area (Å²) in [5.74, 6) is 1.85. The van der Waals surface area contributed by atoms with Crippen molar-refractivity contribution in [1.29, 1.82) is 0 Å². The van der Waals surface area contributed by atoms with Gasteiger partial charge >= 0.3 is 11.6 Å². The molecule has 8 nitrogen and oxygen atoms in total. The first-order valence-corrected chi connectivity index (χ1v) is 11.5. The summed E-state index contributed by atoms with van der Waals surface area (Å²) in [4.78, 5) is 32.6. The fraction of sp³-hybridized carbons (Fsp3) is 0.346. The highest BCUT2D eigenvalue weighted by atomic mass is 16.5. The quantitative estimate of drug-likeness (QED) is 0.475. The van der Waals surface area contributed by atoms with Crippen molar-refractivity contribution in [1.82, 2.24) is 14.1 Å². The molecule has 1 aliphatic rings. The highest BCUT2D eigenvalue weighted by Gasteiger charge is 2.36. The highest BCUT2D eigenvalue weighted by Crippen LogP contribution is 2.30. The minimum atomic E-state index is -0.335. The lowest BCUT2D eigenvalue weighted by atomic mass is 10.1. The van der Waals surface area contributed by atoms with Gasteiger partial charge in [0.25, 0.3) is 5.56 Å². The lowest BCUT2D eigenvalue weighted by Crippen LogP contribution is -2.52. The normalized spacial score (nSPS) is 15.6. The minimum absolute atomic E-state index is 0.241. The van der Waals surface area contributed by atoms with Crippen molar-refractivity contribution in [2.75, 3.05) is 18.6 Å². The third kappa shape index (κ3) is 3.50. The number of fused-ring (bicyclic) bond motifs is 3. The number of imidazole rings is 1. The predicted octanol–water partition coefficient (Wildman–Crippen LogP) is 2.78. The molecule has 0 unspecified atom stereocenters. The molecule has 4 aromatic rings. The van der Waals surface area contributed by atoms with Crippen LogP contribution in [0.15, 0.2) is 52.1 Å². The van der Waals surface area contributed by atoms with Gasteiger partial charge in [-0.15, -0.1) is 0 Å². The van der Waals surface area contributed by atoms with E-state index in [2.05, 4.69) is 16.8 Å². The van der Waals surface area contributed by atoms with Gasteiger partial charge in [-0.3, -0.25) is 13.9 Å². The smallest absolute Gasteiger partial charge is 0.364 e. The maximum absolute atomic E-state index is 13.8. The zero-order chi connectivity index (χ0) is 24.1. The van der Waals surface area contributed by atoms with Gasteiger partial charge in [-0.2, -0.15) is 0 Å². The summed E-state index contributed by atoms with van der Waals surface area (Å²) in [5.41, 5.74) is 4.53. The lowest BCUT2D eigenvalue weighted by Gasteiger charge is -2.26. The number of methoxy groups -OCH3 is 1. The molecule has 1 atom stereocenters. The first kappa shape index (κ1) is 22.0. The summed E-state index contributed by atoms with van der Waals surface area (Å²) < 4.78 is 10.3. The number of H-pyrrole nitrogens is 1. The van der Waals surface area contributed by atoms with Gasteiger partial charge in [0.15, 0.2) is 0 Å². The second-order valence-corrected chi connectivity index (χ2v) is 9.34. The van der Waals surface area contributed by atoms with Crippen LogP contribution in [0, 0.1) is 19.8 Å². The van der Waals surface area contributed by atoms with Gasteiger partial charge in [0.1, 0.15) is 11.4 Å². The average molecular weight is 461 g/mol. The molecule has 0 bridgehead atoms. The van der Waals surface area contributed by atoms with Crippen molar-refractivity contribution < 1.29 is 9.30 Å². The molecule has 0 saturated carbocycles. The van der Waals surface area contributed by atoms with Gasteiger partial charge in [0.2, 0.25) is 11.2 Å². The number of hydrogen-bond donors (Lipinski definition) is 1. The number of aromatic nitrogens is 4. The summed E-state index contributed by atoms with van der Waals surface area (Å²) in [6.45, 7) is 7.89. The Hall–Kier alpha value is -3.81. The highest BCUT2D eigenvalue weighted by molar-refractivity contribution is 5.70. The van der Waals surface area contributed by atoms with Gasteiger partial charge in [0, 0.05) is 19.0 Å². The van der Waals surface area contributed by atoms with Crippen molar-refractivity contribution in [2.45, 2.75) is 33.9 Å². The largest absolute Gasteiger partial charge is 0.497 e. The van der Waals surface area contributed by atoms with Crippen LogP contribution in [-0.2, 0) is 20.1 Å². The second-order valence-electron chi connectivity index (χ2n) is 9.34. The number of rotatable bonds is 4. The Morgan fingerprint density at radius 1 is 1.15 bits per heavy atom. The Labute approximate surface area is 197 Å². The summed E-state index contributed by atoms with van der Waals surface area (Å²) in [5, 5.41) is 0. The molecule has 5 rings (SSSR count). The van der Waals surface area contributed by atoms with E-state index < -0.39 is 0 Å². The van der Waals surface area contributed by atoms with Crippen molar-refractivity contribution in [3.8, 4) is 5.75 Å². The monoisotopic (exact) mass is 460 g/mol. The van der Waals surface area contributed by atoms with Crippen LogP contribution in [0.3, 0.4) is 0 Å². The minimum Gasteiger partial charge on any atom is -0.497 e. The van der Waals surface area contributed by atoms with Crippen LogP contribution in [-0.4, -0.2) is 27.8 Å². The third-order valence-corrected chi connectivity index (χ3v) is 6.72. The van der Waals surface area contributed by atoms with Gasteiger partial charge in [-0.1, -0.05) is 36.8 Å². The van der Waals surface area contributed by atoms with E-state index in [0.29, 0.717) is 23.6 Å². The van der Waals surface area contributed by atoms with E-state index in [4.69, 9.17) is 4.74 Å². The van der Waals surface area contributed by atoms with Gasteiger partial charge < -0.3 is 4.74 Å². The molecule has 0 saturated heterocycles. The molecule has 1 aliphatic heterocycles. The van der Waals surface area contributed by atoms with E-state index in [1.165, 1.54) is 4.57 Å². The fourth-order valence-electron chi connectivity index (χ4n) is 4.86. The maximum atomic E-state index is 13.8. The van der Waals surface area contributed by atoms with E-state index in [1.54, 1.807) is 18.7 Å². The molecular formula is C26H30N5O3+. The summed E-state index contributed by atoms with van der Waals surface area (Å²) in [6, 6.07) is 14.0. The Balaban J connectivity index is 1.72. The molecule has 2 aromatic carbocycles. The molecule has 0 fully saturated rings. The lowest BCUT2D eigenvalue weighted by molar-refractivity contribution is -0.669. The number of anilines is 2. The molecule has 1 N–H and O–H groups in total. The van der Waals surface area contributed by atoms with Crippen LogP contribution in [0.25, 0.3) is 11.2 Å². The van der Waals surface area contributed by atoms with E-state index >= 15 is 0 Å². The average Bonchev–Trinajstić information content (AvgIpc) is 3.21. The summed E-state index contributed by atoms with van der Waals surface area (Å²) in [6.07, 6.45) is 0. The summed E-state index contributed by atoms with van der Waals surface area (Å²) in [7, 11) is 3.36. The van der Waals surface area contributed by atoms with Crippen molar-refractivity contribution in [3.63, 3.8) is 0 Å². The van der Waals surface area contributed by atoms with E-state index in [0.717, 1.165) is 40.6 Å². The molecule has 8 heteroatoms. The first-order chi connectivity index (χ1) is 16.3. The topological polar surface area (TPSA) is 76.1 Å². The Kier molecular flexibility index (Phi) is 5.31. The molecule has 34 heavy (non-hydrogen) atoms. The van der Waals surface area contributed by atoms with E-state index in [1.807, 2.05) is 60.9 Å². The number of aryl methyl sites for hydroxylation is 3. The molecule has 0 amide bonds. The zero-order valence-corrected chi connectivity index (χ0v) is 20.3. The van der Waals surface area contributed by atoms with Crippen molar-refractivity contribution >= 4 is 22.8 Å². The number of ether oxygens (including phenoxy) is 1. The van der Waals surface area contributed by atoms with Crippen molar-refractivity contribution in [2.24, 2.45) is 13.0 Å². The number of hydrogen-bond acceptors (Lipinski definition) is 4. The van der Waals surface area contributed by atoms with Crippen LogP contribution >= 0.6 is 0 Å². The van der Waals surface area contributed by atoms with Crippen LogP contribution in [0.5, 0.6) is 5.75 Å². The van der Waals surface area contributed by atoms with Crippen LogP contribution in [0.1, 0.15) is 23.6 Å². The van der Waals surface area contributed by atoms with Crippen LogP contribution in [0.4, 0.5) is 11.6 Å². The predicted molar refractivity (Wildman–Crippen MR) is 132 cm³/mol. The molecular weight excluding hydrogens is 430 g/mol. The molecule has 176 valence electrons. The SMILES string of the molecule is COc1cccc(N2C[C@H](C)C[n+]3c2[nH]c2c3c(=O)n(Cc3cc(C)ccc3C)c(=O)n2C)c1. The van der Waals surface area contributed by atoms with Gasteiger partial charge in [0.05, 0.1) is 26.7 Å². The molecule has 0 radical (unpaired) electrons. The van der Waals surface area contributed by atoms with E-state index in [9.17, 15) is 9.59 Å². The standard InChI is InChI=1S/C26H29N5O3/c1-16-9-10-18(3)19(11-16)15-31-24(32)22-23(28(4)26(31)33)27-25-29(13-17(2)14-30(22)25)20-7-6-8-21(12-20)34-5/h6-12,17H,13-15H2,1-5H3/p+1/t17-/m0/s1. The first-order valence-electron chi connectivity index (χ1n) is 11.5. The summed E-state index contributed by atoms with van der Waals surface area (Å²) >= 11 is 0. The van der Waals surface area contributed by atoms with E-state index in [-0.39, 0.29) is 17.8 Å². The Morgan fingerprint density at radius 2 is 1.94 bits per heavy atom. The Morgan fingerprint density at radius 3 is 2.71 bits per heavy atom. The van der Waals surface area contributed by atoms with Gasteiger partial charge in [-0.25, -0.2) is 19.2 Å². The number of nitrogens with zero attached hydrogens (tertiary/aromatic N) is 4. The second kappa shape index (κ2) is 8.20.